The summed E-state index contributed by atoms with van der Waals surface area (Å²) >= 11 is 3.53. The van der Waals surface area contributed by atoms with Gasteiger partial charge in [-0.2, -0.15) is 0 Å². The normalized spacial score (nSPS) is 17.5. The van der Waals surface area contributed by atoms with Crippen LogP contribution >= 0.6 is 15.9 Å². The standard InChI is InChI=1S/C12H17BrN2/c1-8-5-11(9(13)6-10(8)14)15-7-12(2)3-4-12/h5-6,15H,3-4,7,14H2,1-2H3. The third-order valence-corrected chi connectivity index (χ3v) is 3.82. The molecule has 0 saturated heterocycles. The molecule has 0 aromatic heterocycles. The minimum atomic E-state index is 0.523. The maximum Gasteiger partial charge on any atom is 0.0489 e. The van der Waals surface area contributed by atoms with Gasteiger partial charge in [0.15, 0.2) is 0 Å². The summed E-state index contributed by atoms with van der Waals surface area (Å²) in [6, 6.07) is 4.07. The highest BCUT2D eigenvalue weighted by Gasteiger charge is 2.36. The highest BCUT2D eigenvalue weighted by molar-refractivity contribution is 9.10. The van der Waals surface area contributed by atoms with Crippen molar-refractivity contribution in [2.75, 3.05) is 17.6 Å². The molecule has 82 valence electrons. The van der Waals surface area contributed by atoms with Crippen LogP contribution in [0.2, 0.25) is 0 Å². The topological polar surface area (TPSA) is 38.0 Å². The number of aryl methyl sites for hydroxylation is 1. The van der Waals surface area contributed by atoms with Crippen molar-refractivity contribution < 1.29 is 0 Å². The maximum absolute atomic E-state index is 5.83. The Hall–Kier alpha value is -0.700. The molecule has 2 rings (SSSR count). The third-order valence-electron chi connectivity index (χ3n) is 3.16. The highest BCUT2D eigenvalue weighted by atomic mass is 79.9. The number of rotatable bonds is 3. The summed E-state index contributed by atoms with van der Waals surface area (Å²) in [5.74, 6) is 0. The van der Waals surface area contributed by atoms with Gasteiger partial charge in [0.1, 0.15) is 0 Å². The van der Waals surface area contributed by atoms with E-state index in [1.54, 1.807) is 0 Å². The Morgan fingerprint density at radius 3 is 2.73 bits per heavy atom. The van der Waals surface area contributed by atoms with Crippen molar-refractivity contribution in [2.24, 2.45) is 5.41 Å². The molecular weight excluding hydrogens is 252 g/mol. The van der Waals surface area contributed by atoms with E-state index in [1.165, 1.54) is 12.8 Å². The molecule has 3 N–H and O–H groups in total. The van der Waals surface area contributed by atoms with Crippen LogP contribution in [0.25, 0.3) is 0 Å². The van der Waals surface area contributed by atoms with E-state index in [0.29, 0.717) is 5.41 Å². The Balaban J connectivity index is 2.10. The van der Waals surface area contributed by atoms with Crippen molar-refractivity contribution in [3.8, 4) is 0 Å². The first-order valence-electron chi connectivity index (χ1n) is 5.30. The molecular formula is C12H17BrN2. The highest BCUT2D eigenvalue weighted by Crippen LogP contribution is 2.45. The Morgan fingerprint density at radius 1 is 1.47 bits per heavy atom. The summed E-state index contributed by atoms with van der Waals surface area (Å²) in [7, 11) is 0. The van der Waals surface area contributed by atoms with Crippen LogP contribution in [0.4, 0.5) is 11.4 Å². The molecule has 0 unspecified atom stereocenters. The zero-order valence-corrected chi connectivity index (χ0v) is 10.8. The molecule has 1 fully saturated rings. The Morgan fingerprint density at radius 2 is 2.13 bits per heavy atom. The van der Waals surface area contributed by atoms with E-state index >= 15 is 0 Å². The first-order chi connectivity index (χ1) is 7.00. The molecule has 0 radical (unpaired) electrons. The molecule has 1 aliphatic carbocycles. The summed E-state index contributed by atoms with van der Waals surface area (Å²) in [4.78, 5) is 0. The summed E-state index contributed by atoms with van der Waals surface area (Å²) in [6.07, 6.45) is 2.68. The molecule has 1 aliphatic rings. The second-order valence-electron chi connectivity index (χ2n) is 4.85. The van der Waals surface area contributed by atoms with E-state index in [2.05, 4.69) is 34.2 Å². The van der Waals surface area contributed by atoms with Gasteiger partial charge in [0.05, 0.1) is 0 Å². The Kier molecular flexibility index (Phi) is 2.67. The number of nitrogens with one attached hydrogen (secondary N) is 1. The van der Waals surface area contributed by atoms with Gasteiger partial charge in [0, 0.05) is 22.4 Å². The molecule has 0 atom stereocenters. The van der Waals surface area contributed by atoms with E-state index < -0.39 is 0 Å². The van der Waals surface area contributed by atoms with Crippen LogP contribution in [0.3, 0.4) is 0 Å². The largest absolute Gasteiger partial charge is 0.398 e. The van der Waals surface area contributed by atoms with Crippen molar-refractivity contribution in [1.82, 2.24) is 0 Å². The van der Waals surface area contributed by atoms with Crippen molar-refractivity contribution >= 4 is 27.3 Å². The number of halogens is 1. The van der Waals surface area contributed by atoms with Crippen LogP contribution in [-0.2, 0) is 0 Å². The second-order valence-corrected chi connectivity index (χ2v) is 5.71. The Labute approximate surface area is 99.4 Å². The number of nitrogens with two attached hydrogens (primary N) is 1. The van der Waals surface area contributed by atoms with Gasteiger partial charge in [-0.15, -0.1) is 0 Å². The molecule has 0 amide bonds. The fraction of sp³-hybridized carbons (Fsp3) is 0.500. The van der Waals surface area contributed by atoms with Crippen LogP contribution in [0.15, 0.2) is 16.6 Å². The number of benzene rings is 1. The van der Waals surface area contributed by atoms with Crippen molar-refractivity contribution in [3.63, 3.8) is 0 Å². The number of nitrogen functional groups attached to an aromatic ring is 1. The second kappa shape index (κ2) is 3.71. The zero-order valence-electron chi connectivity index (χ0n) is 9.23. The van der Waals surface area contributed by atoms with E-state index in [4.69, 9.17) is 5.73 Å². The lowest BCUT2D eigenvalue weighted by Crippen LogP contribution is -2.12. The van der Waals surface area contributed by atoms with Gasteiger partial charge in [-0.05, 0) is 58.8 Å². The molecule has 0 heterocycles. The van der Waals surface area contributed by atoms with Crippen LogP contribution < -0.4 is 11.1 Å². The predicted molar refractivity (Wildman–Crippen MR) is 69.1 cm³/mol. The van der Waals surface area contributed by atoms with Gasteiger partial charge in [-0.1, -0.05) is 6.92 Å². The fourth-order valence-electron chi connectivity index (χ4n) is 1.53. The van der Waals surface area contributed by atoms with Crippen LogP contribution in [0.5, 0.6) is 0 Å². The summed E-state index contributed by atoms with van der Waals surface area (Å²) in [6.45, 7) is 5.40. The summed E-state index contributed by atoms with van der Waals surface area (Å²) < 4.78 is 1.05. The smallest absolute Gasteiger partial charge is 0.0489 e. The van der Waals surface area contributed by atoms with Gasteiger partial charge in [0.25, 0.3) is 0 Å². The summed E-state index contributed by atoms with van der Waals surface area (Å²) in [5.41, 5.74) is 9.46. The van der Waals surface area contributed by atoms with E-state index in [0.717, 1.165) is 28.0 Å². The molecule has 0 bridgehead atoms. The lowest BCUT2D eigenvalue weighted by molar-refractivity contribution is 0.610. The maximum atomic E-state index is 5.83. The molecule has 3 heteroatoms. The molecule has 0 spiro atoms. The molecule has 15 heavy (non-hydrogen) atoms. The number of hydrogen-bond donors (Lipinski definition) is 2. The minimum Gasteiger partial charge on any atom is -0.398 e. The third kappa shape index (κ3) is 2.46. The number of anilines is 2. The van der Waals surface area contributed by atoms with E-state index in [9.17, 15) is 0 Å². The van der Waals surface area contributed by atoms with Gasteiger partial charge in [-0.25, -0.2) is 0 Å². The lowest BCUT2D eigenvalue weighted by atomic mass is 10.1. The SMILES string of the molecule is Cc1cc(NCC2(C)CC2)c(Br)cc1N. The Bertz CT molecular complexity index is 383. The number of hydrogen-bond acceptors (Lipinski definition) is 2. The van der Waals surface area contributed by atoms with Gasteiger partial charge >= 0.3 is 0 Å². The quantitative estimate of drug-likeness (QED) is 0.823. The lowest BCUT2D eigenvalue weighted by Gasteiger charge is -2.14. The van der Waals surface area contributed by atoms with Crippen LogP contribution in [0.1, 0.15) is 25.3 Å². The van der Waals surface area contributed by atoms with Gasteiger partial charge in [0.2, 0.25) is 0 Å². The molecule has 2 nitrogen and oxygen atoms in total. The van der Waals surface area contributed by atoms with Crippen molar-refractivity contribution in [3.05, 3.63) is 22.2 Å². The van der Waals surface area contributed by atoms with Gasteiger partial charge in [-0.3, -0.25) is 0 Å². The summed E-state index contributed by atoms with van der Waals surface area (Å²) in [5, 5.41) is 3.48. The molecule has 0 aliphatic heterocycles. The average molecular weight is 269 g/mol. The first kappa shape index (κ1) is 10.8. The van der Waals surface area contributed by atoms with Crippen LogP contribution in [0, 0.1) is 12.3 Å². The first-order valence-corrected chi connectivity index (χ1v) is 6.09. The van der Waals surface area contributed by atoms with Gasteiger partial charge < -0.3 is 11.1 Å². The zero-order chi connectivity index (χ0) is 11.1. The van der Waals surface area contributed by atoms with E-state index in [-0.39, 0.29) is 0 Å². The van der Waals surface area contributed by atoms with Crippen molar-refractivity contribution in [2.45, 2.75) is 26.7 Å². The fourth-order valence-corrected chi connectivity index (χ4v) is 2.03. The minimum absolute atomic E-state index is 0.523. The van der Waals surface area contributed by atoms with Crippen molar-refractivity contribution in [1.29, 1.82) is 0 Å². The van der Waals surface area contributed by atoms with E-state index in [1.807, 2.05) is 13.0 Å². The molecule has 1 saturated carbocycles. The molecule has 1 aromatic rings. The van der Waals surface area contributed by atoms with Crippen LogP contribution in [-0.4, -0.2) is 6.54 Å². The average Bonchev–Trinajstić information content (AvgIpc) is 2.89. The monoisotopic (exact) mass is 268 g/mol. The predicted octanol–water partition coefficient (Wildman–Crippen LogP) is 3.55. The molecule has 1 aromatic carbocycles.